The van der Waals surface area contributed by atoms with Crippen LogP contribution in [0.4, 0.5) is 0 Å². The first kappa shape index (κ1) is 19.6. The third-order valence-electron chi connectivity index (χ3n) is 4.27. The average Bonchev–Trinajstić information content (AvgIpc) is 3.14. The largest absolute Gasteiger partial charge is 0.372 e. The fourth-order valence-electron chi connectivity index (χ4n) is 2.74. The predicted molar refractivity (Wildman–Crippen MR) is 109 cm³/mol. The quantitative estimate of drug-likeness (QED) is 0.465. The number of nitrogens with one attached hydrogen (secondary N) is 2. The van der Waals surface area contributed by atoms with E-state index in [0.29, 0.717) is 32.3 Å². The molecule has 3 aromatic rings. The number of rotatable bonds is 8. The van der Waals surface area contributed by atoms with Crippen molar-refractivity contribution in [2.45, 2.75) is 26.3 Å². The van der Waals surface area contributed by atoms with Crippen LogP contribution in [0.25, 0.3) is 0 Å². The van der Waals surface area contributed by atoms with E-state index in [2.05, 4.69) is 56.0 Å². The third kappa shape index (κ3) is 5.92. The van der Waals surface area contributed by atoms with Gasteiger partial charge >= 0.3 is 0 Å². The van der Waals surface area contributed by atoms with Crippen LogP contribution in [0.3, 0.4) is 0 Å². The van der Waals surface area contributed by atoms with Crippen molar-refractivity contribution in [1.29, 1.82) is 0 Å². The fourth-order valence-corrected chi connectivity index (χ4v) is 2.74. The second kappa shape index (κ2) is 10.2. The summed E-state index contributed by atoms with van der Waals surface area (Å²) in [6.45, 7) is 2.43. The minimum absolute atomic E-state index is 0.559. The molecule has 0 aliphatic carbocycles. The molecule has 1 heterocycles. The molecule has 0 radical (unpaired) electrons. The summed E-state index contributed by atoms with van der Waals surface area (Å²) < 4.78 is 7.56. The van der Waals surface area contributed by atoms with E-state index in [-0.39, 0.29) is 0 Å². The first-order valence-corrected chi connectivity index (χ1v) is 9.21. The van der Waals surface area contributed by atoms with Crippen LogP contribution >= 0.6 is 0 Å². The van der Waals surface area contributed by atoms with Crippen molar-refractivity contribution >= 4 is 5.96 Å². The smallest absolute Gasteiger partial charge is 0.191 e. The van der Waals surface area contributed by atoms with Gasteiger partial charge in [0, 0.05) is 20.6 Å². The highest BCUT2D eigenvalue weighted by Gasteiger charge is 2.03. The molecule has 0 amide bonds. The Labute approximate surface area is 165 Å². The lowest BCUT2D eigenvalue weighted by Crippen LogP contribution is -2.36. The standard InChI is InChI=1S/C21H26N6O/c1-22-21(24-13-20-25-16-26-27(20)2)23-12-18-9-6-10-19(11-18)15-28-14-17-7-4-3-5-8-17/h3-11,16H,12-15H2,1-2H3,(H2,22,23,24). The van der Waals surface area contributed by atoms with Gasteiger partial charge in [-0.25, -0.2) is 4.98 Å². The van der Waals surface area contributed by atoms with Gasteiger partial charge in [-0.2, -0.15) is 5.10 Å². The highest BCUT2D eigenvalue weighted by Crippen LogP contribution is 2.09. The van der Waals surface area contributed by atoms with Gasteiger partial charge in [-0.15, -0.1) is 0 Å². The molecular formula is C21H26N6O. The van der Waals surface area contributed by atoms with Gasteiger partial charge < -0.3 is 15.4 Å². The Hall–Kier alpha value is -3.19. The summed E-state index contributed by atoms with van der Waals surface area (Å²) in [5, 5.41) is 10.6. The molecule has 0 saturated heterocycles. The fraction of sp³-hybridized carbons (Fsp3) is 0.286. The molecule has 0 atom stereocenters. The van der Waals surface area contributed by atoms with Gasteiger partial charge in [0.15, 0.2) is 5.96 Å². The summed E-state index contributed by atoms with van der Waals surface area (Å²) in [7, 11) is 3.62. The normalized spacial score (nSPS) is 11.4. The lowest BCUT2D eigenvalue weighted by atomic mass is 10.1. The van der Waals surface area contributed by atoms with Crippen LogP contribution in [0.5, 0.6) is 0 Å². The maximum absolute atomic E-state index is 5.83. The maximum Gasteiger partial charge on any atom is 0.191 e. The van der Waals surface area contributed by atoms with E-state index in [1.54, 1.807) is 18.1 Å². The Morgan fingerprint density at radius 2 is 1.68 bits per heavy atom. The van der Waals surface area contributed by atoms with Crippen molar-refractivity contribution in [2.75, 3.05) is 7.05 Å². The highest BCUT2D eigenvalue weighted by atomic mass is 16.5. The molecule has 0 bridgehead atoms. The van der Waals surface area contributed by atoms with E-state index < -0.39 is 0 Å². The molecule has 0 aliphatic heterocycles. The monoisotopic (exact) mass is 378 g/mol. The zero-order valence-electron chi connectivity index (χ0n) is 16.3. The molecule has 0 aliphatic rings. The van der Waals surface area contributed by atoms with Crippen molar-refractivity contribution in [2.24, 2.45) is 12.0 Å². The second-order valence-electron chi connectivity index (χ2n) is 6.38. The third-order valence-corrected chi connectivity index (χ3v) is 4.27. The van der Waals surface area contributed by atoms with Gasteiger partial charge in [0.2, 0.25) is 0 Å². The Morgan fingerprint density at radius 3 is 2.43 bits per heavy atom. The van der Waals surface area contributed by atoms with Crippen LogP contribution in [0, 0.1) is 0 Å². The molecule has 0 unspecified atom stereocenters. The average molecular weight is 378 g/mol. The molecule has 7 nitrogen and oxygen atoms in total. The van der Waals surface area contributed by atoms with Gasteiger partial charge in [-0.05, 0) is 16.7 Å². The Kier molecular flexibility index (Phi) is 7.14. The number of aromatic nitrogens is 3. The van der Waals surface area contributed by atoms with Gasteiger partial charge in [0.05, 0.1) is 19.8 Å². The van der Waals surface area contributed by atoms with Gasteiger partial charge in [0.1, 0.15) is 12.2 Å². The number of ether oxygens (including phenoxy) is 1. The zero-order valence-corrected chi connectivity index (χ0v) is 16.3. The van der Waals surface area contributed by atoms with E-state index in [1.165, 1.54) is 11.1 Å². The van der Waals surface area contributed by atoms with Crippen molar-refractivity contribution < 1.29 is 4.74 Å². The summed E-state index contributed by atoms with van der Waals surface area (Å²) in [5.74, 6) is 1.56. The Balaban J connectivity index is 1.46. The molecule has 28 heavy (non-hydrogen) atoms. The first-order chi connectivity index (χ1) is 13.7. The summed E-state index contributed by atoms with van der Waals surface area (Å²) in [5.41, 5.74) is 3.50. The summed E-state index contributed by atoms with van der Waals surface area (Å²) in [6.07, 6.45) is 1.54. The molecule has 0 fully saturated rings. The molecule has 146 valence electrons. The zero-order chi connectivity index (χ0) is 19.6. The van der Waals surface area contributed by atoms with Crippen molar-refractivity contribution in [3.8, 4) is 0 Å². The first-order valence-electron chi connectivity index (χ1n) is 9.21. The topological polar surface area (TPSA) is 76.4 Å². The highest BCUT2D eigenvalue weighted by molar-refractivity contribution is 5.79. The van der Waals surface area contributed by atoms with E-state index in [4.69, 9.17) is 4.74 Å². The SMILES string of the molecule is CN=C(NCc1cccc(COCc2ccccc2)c1)NCc1ncnn1C. The van der Waals surface area contributed by atoms with Crippen molar-refractivity contribution in [3.63, 3.8) is 0 Å². The number of nitrogens with zero attached hydrogens (tertiary/aromatic N) is 4. The molecule has 0 spiro atoms. The molecular weight excluding hydrogens is 352 g/mol. The van der Waals surface area contributed by atoms with Crippen LogP contribution in [-0.2, 0) is 38.1 Å². The lowest BCUT2D eigenvalue weighted by Gasteiger charge is -2.12. The van der Waals surface area contributed by atoms with Gasteiger partial charge in [0.25, 0.3) is 0 Å². The molecule has 2 N–H and O–H groups in total. The minimum Gasteiger partial charge on any atom is -0.372 e. The molecule has 7 heteroatoms. The molecule has 2 aromatic carbocycles. The number of benzene rings is 2. The van der Waals surface area contributed by atoms with Gasteiger partial charge in [-0.3, -0.25) is 9.67 Å². The van der Waals surface area contributed by atoms with Crippen LogP contribution in [0.1, 0.15) is 22.5 Å². The summed E-state index contributed by atoms with van der Waals surface area (Å²) in [6, 6.07) is 18.6. The van der Waals surface area contributed by atoms with E-state index >= 15 is 0 Å². The Morgan fingerprint density at radius 1 is 0.964 bits per heavy atom. The molecule has 0 saturated carbocycles. The van der Waals surface area contributed by atoms with Crippen molar-refractivity contribution in [3.05, 3.63) is 83.4 Å². The van der Waals surface area contributed by atoms with Crippen LogP contribution < -0.4 is 10.6 Å². The van der Waals surface area contributed by atoms with Gasteiger partial charge in [-0.1, -0.05) is 54.6 Å². The van der Waals surface area contributed by atoms with E-state index in [0.717, 1.165) is 11.4 Å². The van der Waals surface area contributed by atoms with E-state index in [1.807, 2.05) is 31.3 Å². The van der Waals surface area contributed by atoms with Crippen LogP contribution in [0.15, 0.2) is 65.9 Å². The summed E-state index contributed by atoms with van der Waals surface area (Å²) in [4.78, 5) is 8.45. The summed E-state index contributed by atoms with van der Waals surface area (Å²) >= 11 is 0. The number of aliphatic imine (C=N–C) groups is 1. The second-order valence-corrected chi connectivity index (χ2v) is 6.38. The number of hydrogen-bond donors (Lipinski definition) is 2. The predicted octanol–water partition coefficient (Wildman–Crippen LogP) is 2.40. The lowest BCUT2D eigenvalue weighted by molar-refractivity contribution is 0.107. The Bertz CT molecular complexity index is 891. The minimum atomic E-state index is 0.559. The molecule has 1 aromatic heterocycles. The number of hydrogen-bond acceptors (Lipinski definition) is 4. The van der Waals surface area contributed by atoms with Crippen LogP contribution in [0.2, 0.25) is 0 Å². The maximum atomic E-state index is 5.83. The van der Waals surface area contributed by atoms with Crippen LogP contribution in [-0.4, -0.2) is 27.8 Å². The van der Waals surface area contributed by atoms with E-state index in [9.17, 15) is 0 Å². The van der Waals surface area contributed by atoms with Crippen molar-refractivity contribution in [1.82, 2.24) is 25.4 Å². The number of aryl methyl sites for hydroxylation is 1. The number of guanidine groups is 1. The molecule has 3 rings (SSSR count).